The second-order valence-corrected chi connectivity index (χ2v) is 11.1. The molecule has 0 aliphatic carbocycles. The zero-order chi connectivity index (χ0) is 31.2. The maximum atomic E-state index is 9.20. The minimum Gasteiger partial charge on any atom is -0.313 e. The second kappa shape index (κ2) is 11.1. The van der Waals surface area contributed by atoms with Crippen molar-refractivity contribution in [2.75, 3.05) is 7.05 Å². The Hall–Kier alpha value is -5.76. The van der Waals surface area contributed by atoms with Gasteiger partial charge in [-0.1, -0.05) is 97.1 Å². The van der Waals surface area contributed by atoms with Crippen LogP contribution in [0.5, 0.6) is 0 Å². The number of nitrogens with zero attached hydrogens (tertiary/aromatic N) is 7. The lowest BCUT2D eigenvalue weighted by Crippen LogP contribution is -2.09. The fraction of sp³-hybridized carbons (Fsp3) is 0.135. The first-order valence-corrected chi connectivity index (χ1v) is 14.8. The van der Waals surface area contributed by atoms with Crippen molar-refractivity contribution in [3.63, 3.8) is 0 Å². The number of aryl methyl sites for hydroxylation is 4. The van der Waals surface area contributed by atoms with Gasteiger partial charge in [0.2, 0.25) is 0 Å². The van der Waals surface area contributed by atoms with Crippen molar-refractivity contribution in [3.8, 4) is 0 Å². The molecule has 0 spiro atoms. The van der Waals surface area contributed by atoms with Crippen molar-refractivity contribution in [1.82, 2.24) is 29.1 Å². The Bertz CT molecular complexity index is 2630. The van der Waals surface area contributed by atoms with E-state index in [1.54, 1.807) is 7.05 Å². The third-order valence-electron chi connectivity index (χ3n) is 8.41. The maximum Gasteiger partial charge on any atom is 0.157 e. The van der Waals surface area contributed by atoms with Crippen molar-refractivity contribution in [2.45, 2.75) is 13.8 Å². The molecule has 220 valence electrons. The van der Waals surface area contributed by atoms with E-state index in [0.717, 1.165) is 60.4 Å². The van der Waals surface area contributed by atoms with Gasteiger partial charge in [0.1, 0.15) is 22.6 Å². The summed E-state index contributed by atoms with van der Waals surface area (Å²) in [4.78, 5) is 25.1. The summed E-state index contributed by atoms with van der Waals surface area (Å²) in [7, 11) is 5.69. The standard InChI is InChI=1S/C37H32N8/c1-22-24-14-6-8-16-26(24)32(38)42-36-30-20-12-13-21-31(30)37(45(36)5)43-33(39-3)27-17-9-7-15-25(27)23(2)41-35-29-19-11-10-18-28(29)34(40-22)44(35)4/h6-21,38H,1-5H3/b38-32?,39-33-,40-22?,41-23?,42-36?,43-37?. The largest absolute Gasteiger partial charge is 0.313 e. The van der Waals surface area contributed by atoms with Crippen LogP contribution in [-0.4, -0.2) is 36.1 Å². The smallest absolute Gasteiger partial charge is 0.157 e. The lowest BCUT2D eigenvalue weighted by Gasteiger charge is -2.01. The van der Waals surface area contributed by atoms with Gasteiger partial charge in [0, 0.05) is 75.6 Å². The molecule has 8 nitrogen and oxygen atoms in total. The van der Waals surface area contributed by atoms with Crippen LogP contribution in [-0.2, 0) is 14.1 Å². The highest BCUT2D eigenvalue weighted by Gasteiger charge is 2.12. The number of hydrogen-bond acceptors (Lipinski definition) is 6. The lowest BCUT2D eigenvalue weighted by molar-refractivity contribution is 0.951. The number of fused-ring (bicyclic) bond motifs is 12. The summed E-state index contributed by atoms with van der Waals surface area (Å²) in [6.45, 7) is 4.01. The van der Waals surface area contributed by atoms with Crippen LogP contribution in [0.1, 0.15) is 11.4 Å². The summed E-state index contributed by atoms with van der Waals surface area (Å²) in [5.41, 5.74) is 5.33. The summed E-state index contributed by atoms with van der Waals surface area (Å²) in [5, 5.41) is 16.4. The van der Waals surface area contributed by atoms with Crippen molar-refractivity contribution >= 4 is 65.7 Å². The normalized spacial score (nSPS) is 11.9. The van der Waals surface area contributed by atoms with E-state index in [0.29, 0.717) is 22.2 Å². The van der Waals surface area contributed by atoms with Crippen LogP contribution < -0.4 is 11.0 Å². The molecule has 0 amide bonds. The zero-order valence-corrected chi connectivity index (χ0v) is 25.9. The van der Waals surface area contributed by atoms with Gasteiger partial charge in [-0.2, -0.15) is 0 Å². The predicted octanol–water partition coefficient (Wildman–Crippen LogP) is 6.74. The Morgan fingerprint density at radius 3 is 1.24 bits per heavy atom. The van der Waals surface area contributed by atoms with Gasteiger partial charge in [0.25, 0.3) is 0 Å². The Balaban J connectivity index is 1.83. The molecule has 0 aliphatic rings. The molecule has 0 radical (unpaired) electrons. The average molecular weight is 589 g/mol. The number of rotatable bonds is 0. The van der Waals surface area contributed by atoms with Crippen LogP contribution in [0.4, 0.5) is 0 Å². The lowest BCUT2D eigenvalue weighted by atomic mass is 10.1. The summed E-state index contributed by atoms with van der Waals surface area (Å²) < 4.78 is 3.98. The fourth-order valence-corrected chi connectivity index (χ4v) is 6.14. The first kappa shape index (κ1) is 28.0. The van der Waals surface area contributed by atoms with Crippen LogP contribution in [0.25, 0.3) is 65.7 Å². The highest BCUT2D eigenvalue weighted by Crippen LogP contribution is 2.26. The first-order chi connectivity index (χ1) is 21.9. The Kier molecular flexibility index (Phi) is 6.89. The van der Waals surface area contributed by atoms with E-state index in [4.69, 9.17) is 19.9 Å². The van der Waals surface area contributed by atoms with E-state index >= 15 is 0 Å². The minimum atomic E-state index is 0.145. The van der Waals surface area contributed by atoms with Gasteiger partial charge in [0.05, 0.1) is 0 Å². The molecule has 3 heterocycles. The van der Waals surface area contributed by atoms with Crippen LogP contribution >= 0.6 is 0 Å². The van der Waals surface area contributed by atoms with Gasteiger partial charge in [-0.25, -0.2) is 19.9 Å². The predicted molar refractivity (Wildman–Crippen MR) is 183 cm³/mol. The molecule has 0 unspecified atom stereocenters. The molecular formula is C37H32N8. The Morgan fingerprint density at radius 2 is 0.800 bits per heavy atom. The van der Waals surface area contributed by atoms with Gasteiger partial charge >= 0.3 is 0 Å². The van der Waals surface area contributed by atoms with E-state index in [1.807, 2.05) is 116 Å². The highest BCUT2D eigenvalue weighted by molar-refractivity contribution is 6.06. The monoisotopic (exact) mass is 588 g/mol. The van der Waals surface area contributed by atoms with Crippen molar-refractivity contribution in [1.29, 1.82) is 5.41 Å². The van der Waals surface area contributed by atoms with Gasteiger partial charge in [-0.05, 0) is 13.8 Å². The zero-order valence-electron chi connectivity index (χ0n) is 25.9. The molecule has 4 aromatic carbocycles. The quantitative estimate of drug-likeness (QED) is 0.212. The average Bonchev–Trinajstić information content (AvgIpc) is 3.48. The Labute approximate surface area is 259 Å². The van der Waals surface area contributed by atoms with Crippen molar-refractivity contribution in [2.24, 2.45) is 19.1 Å². The molecule has 0 saturated carbocycles. The van der Waals surface area contributed by atoms with Gasteiger partial charge in [-0.3, -0.25) is 10.4 Å². The molecule has 7 aromatic rings. The topological polar surface area (TPSA) is 97.6 Å². The van der Waals surface area contributed by atoms with Crippen LogP contribution in [0.15, 0.2) is 102 Å². The molecule has 0 atom stereocenters. The van der Waals surface area contributed by atoms with E-state index in [1.165, 1.54) is 0 Å². The number of hydrogen-bond donors (Lipinski definition) is 1. The first-order valence-electron chi connectivity index (χ1n) is 14.8. The van der Waals surface area contributed by atoms with Gasteiger partial charge in [0.15, 0.2) is 11.0 Å². The fourth-order valence-electron chi connectivity index (χ4n) is 6.14. The summed E-state index contributed by atoms with van der Waals surface area (Å²) >= 11 is 0. The molecule has 0 fully saturated rings. The maximum absolute atomic E-state index is 9.20. The third-order valence-corrected chi connectivity index (χ3v) is 8.41. The van der Waals surface area contributed by atoms with Crippen molar-refractivity contribution in [3.05, 3.63) is 119 Å². The molecule has 45 heavy (non-hydrogen) atoms. The molecule has 8 heteroatoms. The number of nitrogens with one attached hydrogen (secondary N) is 1. The molecule has 0 saturated heterocycles. The third kappa shape index (κ3) is 4.62. The number of benzene rings is 4. The van der Waals surface area contributed by atoms with E-state index in [-0.39, 0.29) is 5.49 Å². The summed E-state index contributed by atoms with van der Waals surface area (Å²) in [6.07, 6.45) is 0. The van der Waals surface area contributed by atoms with Crippen LogP contribution in [0.3, 0.4) is 0 Å². The molecule has 3 aromatic heterocycles. The Morgan fingerprint density at radius 1 is 0.467 bits per heavy atom. The van der Waals surface area contributed by atoms with Crippen molar-refractivity contribution < 1.29 is 0 Å². The number of aromatic nitrogens is 6. The van der Waals surface area contributed by atoms with E-state index < -0.39 is 0 Å². The molecule has 0 aliphatic heterocycles. The van der Waals surface area contributed by atoms with Gasteiger partial charge in [-0.15, -0.1) is 0 Å². The molecule has 4 bridgehead atoms. The molecule has 1 N–H and O–H groups in total. The molecular weight excluding hydrogens is 556 g/mol. The summed E-state index contributed by atoms with van der Waals surface area (Å²) in [6, 6.07) is 32.2. The minimum absolute atomic E-state index is 0.145. The second-order valence-electron chi connectivity index (χ2n) is 11.1. The highest BCUT2D eigenvalue weighted by atomic mass is 15.1. The van der Waals surface area contributed by atoms with Gasteiger partial charge < -0.3 is 9.13 Å². The van der Waals surface area contributed by atoms with E-state index in [9.17, 15) is 5.41 Å². The summed E-state index contributed by atoms with van der Waals surface area (Å²) in [5.74, 6) is 0. The molecule has 7 rings (SSSR count). The van der Waals surface area contributed by atoms with E-state index in [2.05, 4.69) is 23.2 Å². The van der Waals surface area contributed by atoms with Crippen LogP contribution in [0, 0.1) is 19.3 Å². The SMILES string of the molecule is C/N=c1\nc2c3ccccc3c(nc(=N)c3ccccc3c(C)nc3c4ccccc4c(nc(C)c4ccccc14)n3C)n2C. The van der Waals surface area contributed by atoms with Crippen LogP contribution in [0.2, 0.25) is 0 Å².